The first-order valence-corrected chi connectivity index (χ1v) is 9.03. The van der Waals surface area contributed by atoms with Crippen LogP contribution >= 0.6 is 11.6 Å². The first kappa shape index (κ1) is 17.1. The van der Waals surface area contributed by atoms with Gasteiger partial charge in [0.25, 0.3) is 0 Å². The van der Waals surface area contributed by atoms with Crippen LogP contribution in [0.5, 0.6) is 0 Å². The Morgan fingerprint density at radius 1 is 1.12 bits per heavy atom. The number of piperidine rings is 1. The molecule has 2 aliphatic heterocycles. The fourth-order valence-electron chi connectivity index (χ4n) is 3.39. The molecule has 24 heavy (non-hydrogen) atoms. The molecular formula is C18H24ClN3O2. The van der Waals surface area contributed by atoms with Crippen LogP contribution in [-0.2, 0) is 4.79 Å². The van der Waals surface area contributed by atoms with E-state index in [-0.39, 0.29) is 17.9 Å². The third-order valence-corrected chi connectivity index (χ3v) is 5.29. The Labute approximate surface area is 147 Å². The fraction of sp³-hybridized carbons (Fsp3) is 0.556. The SMILES string of the molecule is Cc1ccc(NC(=O)[C@H]2CCCN(C(=O)N3CCCC3)C2)cc1Cl. The molecule has 0 unspecified atom stereocenters. The molecule has 2 fully saturated rings. The summed E-state index contributed by atoms with van der Waals surface area (Å²) in [5.41, 5.74) is 1.69. The van der Waals surface area contributed by atoms with E-state index >= 15 is 0 Å². The summed E-state index contributed by atoms with van der Waals surface area (Å²) in [5.74, 6) is -0.195. The standard InChI is InChI=1S/C18H24ClN3O2/c1-13-6-7-15(11-16(13)19)20-17(23)14-5-4-10-22(12-14)18(24)21-8-2-3-9-21/h6-7,11,14H,2-5,8-10,12H2,1H3,(H,20,23)/t14-/m0/s1. The van der Waals surface area contributed by atoms with Crippen LogP contribution in [0.25, 0.3) is 0 Å². The van der Waals surface area contributed by atoms with Gasteiger partial charge in [-0.3, -0.25) is 4.79 Å². The van der Waals surface area contributed by atoms with Gasteiger partial charge in [0.05, 0.1) is 5.92 Å². The molecule has 0 bridgehead atoms. The Hall–Kier alpha value is -1.75. The number of carbonyl (C=O) groups is 2. The summed E-state index contributed by atoms with van der Waals surface area (Å²) in [5, 5.41) is 3.57. The quantitative estimate of drug-likeness (QED) is 0.888. The number of benzene rings is 1. The molecule has 3 amide bonds. The van der Waals surface area contributed by atoms with Crippen LogP contribution in [-0.4, -0.2) is 47.9 Å². The van der Waals surface area contributed by atoms with Crippen molar-refractivity contribution in [1.29, 1.82) is 0 Å². The lowest BCUT2D eigenvalue weighted by Crippen LogP contribution is -2.48. The van der Waals surface area contributed by atoms with Crippen LogP contribution in [0.3, 0.4) is 0 Å². The highest BCUT2D eigenvalue weighted by Gasteiger charge is 2.31. The predicted octanol–water partition coefficient (Wildman–Crippen LogP) is 3.51. The number of anilines is 1. The van der Waals surface area contributed by atoms with Gasteiger partial charge in [-0.25, -0.2) is 4.79 Å². The van der Waals surface area contributed by atoms with Crippen molar-refractivity contribution in [1.82, 2.24) is 9.80 Å². The van der Waals surface area contributed by atoms with E-state index in [9.17, 15) is 9.59 Å². The van der Waals surface area contributed by atoms with Gasteiger partial charge in [-0.15, -0.1) is 0 Å². The van der Waals surface area contributed by atoms with Crippen molar-refractivity contribution >= 4 is 29.2 Å². The van der Waals surface area contributed by atoms with Crippen molar-refractivity contribution in [3.05, 3.63) is 28.8 Å². The summed E-state index contributed by atoms with van der Waals surface area (Å²) in [4.78, 5) is 28.8. The maximum absolute atomic E-state index is 12.5. The topological polar surface area (TPSA) is 52.7 Å². The zero-order valence-corrected chi connectivity index (χ0v) is 14.8. The molecule has 1 N–H and O–H groups in total. The molecule has 0 saturated carbocycles. The second-order valence-electron chi connectivity index (χ2n) is 6.72. The number of aryl methyl sites for hydroxylation is 1. The lowest BCUT2D eigenvalue weighted by molar-refractivity contribution is -0.121. The number of nitrogens with zero attached hydrogens (tertiary/aromatic N) is 2. The average molecular weight is 350 g/mol. The first-order valence-electron chi connectivity index (χ1n) is 8.65. The Kier molecular flexibility index (Phi) is 5.29. The van der Waals surface area contributed by atoms with Crippen LogP contribution in [0.15, 0.2) is 18.2 Å². The van der Waals surface area contributed by atoms with Gasteiger partial charge < -0.3 is 15.1 Å². The Morgan fingerprint density at radius 3 is 2.54 bits per heavy atom. The third kappa shape index (κ3) is 3.83. The molecule has 5 nitrogen and oxygen atoms in total. The molecule has 3 rings (SSSR count). The summed E-state index contributed by atoms with van der Waals surface area (Å²) in [6.07, 6.45) is 3.84. The lowest BCUT2D eigenvalue weighted by atomic mass is 9.97. The molecular weight excluding hydrogens is 326 g/mol. The molecule has 0 radical (unpaired) electrons. The van der Waals surface area contributed by atoms with Gasteiger partial charge in [0, 0.05) is 36.9 Å². The highest BCUT2D eigenvalue weighted by molar-refractivity contribution is 6.31. The van der Waals surface area contributed by atoms with Gasteiger partial charge in [0.2, 0.25) is 5.91 Å². The van der Waals surface area contributed by atoms with Crippen LogP contribution in [0.1, 0.15) is 31.2 Å². The molecule has 0 spiro atoms. The van der Waals surface area contributed by atoms with Gasteiger partial charge in [-0.05, 0) is 50.3 Å². The van der Waals surface area contributed by atoms with Gasteiger partial charge >= 0.3 is 6.03 Å². The predicted molar refractivity (Wildman–Crippen MR) is 95.3 cm³/mol. The Bertz CT molecular complexity index is 629. The molecule has 0 aromatic heterocycles. The third-order valence-electron chi connectivity index (χ3n) is 4.88. The molecule has 0 aliphatic carbocycles. The Morgan fingerprint density at radius 2 is 1.83 bits per heavy atom. The van der Waals surface area contributed by atoms with Gasteiger partial charge in [0.1, 0.15) is 0 Å². The second kappa shape index (κ2) is 7.43. The zero-order valence-electron chi connectivity index (χ0n) is 14.1. The van der Waals surface area contributed by atoms with Crippen LogP contribution < -0.4 is 5.32 Å². The number of hydrogen-bond acceptors (Lipinski definition) is 2. The maximum Gasteiger partial charge on any atom is 0.320 e. The second-order valence-corrected chi connectivity index (χ2v) is 7.12. The number of carbonyl (C=O) groups excluding carboxylic acids is 2. The number of nitrogens with one attached hydrogen (secondary N) is 1. The maximum atomic E-state index is 12.5. The molecule has 2 heterocycles. The highest BCUT2D eigenvalue weighted by atomic mass is 35.5. The van der Waals surface area contributed by atoms with Gasteiger partial charge in [0.15, 0.2) is 0 Å². The van der Waals surface area contributed by atoms with E-state index in [4.69, 9.17) is 11.6 Å². The number of urea groups is 1. The largest absolute Gasteiger partial charge is 0.326 e. The van der Waals surface area contributed by atoms with E-state index < -0.39 is 0 Å². The molecule has 2 aliphatic rings. The number of halogens is 1. The first-order chi connectivity index (χ1) is 11.5. The minimum atomic E-state index is -0.162. The summed E-state index contributed by atoms with van der Waals surface area (Å²) in [6, 6.07) is 5.60. The fourth-order valence-corrected chi connectivity index (χ4v) is 3.57. The lowest BCUT2D eigenvalue weighted by Gasteiger charge is -2.34. The smallest absolute Gasteiger partial charge is 0.320 e. The summed E-state index contributed by atoms with van der Waals surface area (Å²) in [7, 11) is 0. The molecule has 1 atom stereocenters. The number of likely N-dealkylation sites (tertiary alicyclic amines) is 2. The van der Waals surface area contributed by atoms with E-state index in [1.165, 1.54) is 0 Å². The number of amides is 3. The monoisotopic (exact) mass is 349 g/mol. The van der Waals surface area contributed by atoms with Crippen molar-refractivity contribution in [2.75, 3.05) is 31.5 Å². The van der Waals surface area contributed by atoms with Crippen molar-refractivity contribution in [3.8, 4) is 0 Å². The van der Waals surface area contributed by atoms with E-state index in [2.05, 4.69) is 5.32 Å². The minimum Gasteiger partial charge on any atom is -0.326 e. The Balaban J connectivity index is 1.60. The van der Waals surface area contributed by atoms with Crippen LogP contribution in [0, 0.1) is 12.8 Å². The number of rotatable bonds is 2. The van der Waals surface area contributed by atoms with E-state index in [0.717, 1.165) is 50.9 Å². The van der Waals surface area contributed by atoms with Gasteiger partial charge in [-0.2, -0.15) is 0 Å². The zero-order chi connectivity index (χ0) is 17.1. The number of hydrogen-bond donors (Lipinski definition) is 1. The molecule has 1 aromatic carbocycles. The van der Waals surface area contributed by atoms with Crippen molar-refractivity contribution in [2.24, 2.45) is 5.92 Å². The summed E-state index contributed by atoms with van der Waals surface area (Å²) >= 11 is 6.11. The highest BCUT2D eigenvalue weighted by Crippen LogP contribution is 2.23. The summed E-state index contributed by atoms with van der Waals surface area (Å²) in [6.45, 7) is 4.86. The van der Waals surface area contributed by atoms with Crippen LogP contribution in [0.4, 0.5) is 10.5 Å². The van der Waals surface area contributed by atoms with Crippen molar-refractivity contribution in [3.63, 3.8) is 0 Å². The molecule has 130 valence electrons. The minimum absolute atomic E-state index is 0.0335. The molecule has 1 aromatic rings. The average Bonchev–Trinajstić information content (AvgIpc) is 3.12. The van der Waals surface area contributed by atoms with Crippen molar-refractivity contribution < 1.29 is 9.59 Å². The van der Waals surface area contributed by atoms with Crippen LogP contribution in [0.2, 0.25) is 5.02 Å². The van der Waals surface area contributed by atoms with Crippen molar-refractivity contribution in [2.45, 2.75) is 32.6 Å². The van der Waals surface area contributed by atoms with E-state index in [1.54, 1.807) is 6.07 Å². The molecule has 6 heteroatoms. The van der Waals surface area contributed by atoms with E-state index in [0.29, 0.717) is 17.3 Å². The normalized spacial score (nSPS) is 21.0. The van der Waals surface area contributed by atoms with E-state index in [1.807, 2.05) is 28.9 Å². The summed E-state index contributed by atoms with van der Waals surface area (Å²) < 4.78 is 0. The van der Waals surface area contributed by atoms with Gasteiger partial charge in [-0.1, -0.05) is 17.7 Å². The molecule has 2 saturated heterocycles.